The number of alkyl halides is 1. The smallest absolute Gasteiger partial charge is 0.222 e. The highest BCUT2D eigenvalue weighted by Gasteiger charge is 2.23. The van der Waals surface area contributed by atoms with Crippen molar-refractivity contribution in [3.63, 3.8) is 0 Å². The highest BCUT2D eigenvalue weighted by molar-refractivity contribution is 9.09. The van der Waals surface area contributed by atoms with Gasteiger partial charge < -0.3 is 4.90 Å². The van der Waals surface area contributed by atoms with Crippen LogP contribution in [-0.2, 0) is 11.2 Å². The molecule has 2 heterocycles. The van der Waals surface area contributed by atoms with Crippen molar-refractivity contribution in [2.45, 2.75) is 51.0 Å². The standard InChI is InChI=1S/C15H22BrNOS/c16-12-13-6-2-1-3-10-17(13)15(18)9-4-7-14-8-5-11-19-14/h5,8,11,13H,1-4,6-7,9-10,12H2. The second-order valence-corrected chi connectivity index (χ2v) is 6.86. The van der Waals surface area contributed by atoms with Gasteiger partial charge in [-0.1, -0.05) is 34.8 Å². The quantitative estimate of drug-likeness (QED) is 0.732. The minimum absolute atomic E-state index is 0.350. The number of halogens is 1. The van der Waals surface area contributed by atoms with Gasteiger partial charge in [-0.05, 0) is 37.1 Å². The normalized spacial score (nSPS) is 20.3. The third-order valence-electron chi connectivity index (χ3n) is 3.77. The first-order valence-corrected chi connectivity index (χ1v) is 9.19. The maximum absolute atomic E-state index is 12.4. The Labute approximate surface area is 128 Å². The molecular formula is C15H22BrNOS. The Bertz CT molecular complexity index is 380. The highest BCUT2D eigenvalue weighted by atomic mass is 79.9. The van der Waals surface area contributed by atoms with E-state index in [4.69, 9.17) is 0 Å². The van der Waals surface area contributed by atoms with Crippen molar-refractivity contribution >= 4 is 33.2 Å². The van der Waals surface area contributed by atoms with Gasteiger partial charge in [0.05, 0.1) is 0 Å². The van der Waals surface area contributed by atoms with Gasteiger partial charge in [0, 0.05) is 29.2 Å². The molecule has 1 aliphatic rings. The molecule has 1 aliphatic heterocycles. The maximum Gasteiger partial charge on any atom is 0.222 e. The lowest BCUT2D eigenvalue weighted by atomic mass is 10.1. The minimum Gasteiger partial charge on any atom is -0.339 e. The summed E-state index contributed by atoms with van der Waals surface area (Å²) < 4.78 is 0. The van der Waals surface area contributed by atoms with Crippen molar-refractivity contribution in [3.8, 4) is 0 Å². The second-order valence-electron chi connectivity index (χ2n) is 5.18. The number of hydrogen-bond acceptors (Lipinski definition) is 2. The van der Waals surface area contributed by atoms with E-state index in [-0.39, 0.29) is 0 Å². The van der Waals surface area contributed by atoms with Gasteiger partial charge in [0.15, 0.2) is 0 Å². The first-order valence-electron chi connectivity index (χ1n) is 7.19. The SMILES string of the molecule is O=C(CCCc1cccs1)N1CCCCCC1CBr. The molecule has 0 radical (unpaired) electrons. The van der Waals surface area contributed by atoms with Crippen LogP contribution >= 0.6 is 27.3 Å². The molecule has 1 amide bonds. The minimum atomic E-state index is 0.350. The summed E-state index contributed by atoms with van der Waals surface area (Å²) in [7, 11) is 0. The third-order valence-corrected chi connectivity index (χ3v) is 5.45. The molecule has 1 atom stereocenters. The number of rotatable bonds is 5. The Morgan fingerprint density at radius 2 is 2.32 bits per heavy atom. The molecule has 1 aromatic rings. The first kappa shape index (κ1) is 15.0. The number of carbonyl (C=O) groups excluding carboxylic acids is 1. The molecule has 2 nitrogen and oxygen atoms in total. The summed E-state index contributed by atoms with van der Waals surface area (Å²) in [6, 6.07) is 4.65. The number of thiophene rings is 1. The molecule has 1 aromatic heterocycles. The van der Waals surface area contributed by atoms with Gasteiger partial charge in [0.2, 0.25) is 5.91 Å². The van der Waals surface area contributed by atoms with E-state index in [0.29, 0.717) is 18.4 Å². The van der Waals surface area contributed by atoms with Crippen molar-refractivity contribution in [1.29, 1.82) is 0 Å². The summed E-state index contributed by atoms with van der Waals surface area (Å²) in [5.74, 6) is 0.350. The molecule has 0 aliphatic carbocycles. The van der Waals surface area contributed by atoms with Crippen molar-refractivity contribution in [2.75, 3.05) is 11.9 Å². The third kappa shape index (κ3) is 4.60. The van der Waals surface area contributed by atoms with Crippen LogP contribution in [0.25, 0.3) is 0 Å². The van der Waals surface area contributed by atoms with E-state index in [1.165, 1.54) is 24.1 Å². The molecule has 1 fully saturated rings. The predicted octanol–water partition coefficient (Wildman–Crippen LogP) is 4.24. The Morgan fingerprint density at radius 3 is 3.05 bits per heavy atom. The van der Waals surface area contributed by atoms with Gasteiger partial charge in [-0.25, -0.2) is 0 Å². The Morgan fingerprint density at radius 1 is 1.42 bits per heavy atom. The largest absolute Gasteiger partial charge is 0.339 e. The van der Waals surface area contributed by atoms with E-state index in [1.54, 1.807) is 11.3 Å². The monoisotopic (exact) mass is 343 g/mol. The topological polar surface area (TPSA) is 20.3 Å². The molecular weight excluding hydrogens is 322 g/mol. The first-order chi connectivity index (χ1) is 9.31. The lowest BCUT2D eigenvalue weighted by Crippen LogP contribution is -2.40. The summed E-state index contributed by atoms with van der Waals surface area (Å²) in [6.07, 6.45) is 7.56. The fourth-order valence-corrected chi connectivity index (χ4v) is 4.10. The van der Waals surface area contributed by atoms with Gasteiger partial charge in [-0.2, -0.15) is 0 Å². The predicted molar refractivity (Wildman–Crippen MR) is 85.0 cm³/mol. The van der Waals surface area contributed by atoms with Crippen LogP contribution in [0, 0.1) is 0 Å². The van der Waals surface area contributed by atoms with Crippen molar-refractivity contribution in [3.05, 3.63) is 22.4 Å². The van der Waals surface area contributed by atoms with E-state index in [1.807, 2.05) is 0 Å². The van der Waals surface area contributed by atoms with Crippen molar-refractivity contribution in [2.24, 2.45) is 0 Å². The van der Waals surface area contributed by atoms with Crippen molar-refractivity contribution < 1.29 is 4.79 Å². The molecule has 4 heteroatoms. The molecule has 19 heavy (non-hydrogen) atoms. The van der Waals surface area contributed by atoms with E-state index in [0.717, 1.165) is 31.1 Å². The van der Waals surface area contributed by atoms with E-state index in [9.17, 15) is 4.79 Å². The average molecular weight is 344 g/mol. The van der Waals surface area contributed by atoms with E-state index in [2.05, 4.69) is 38.3 Å². The van der Waals surface area contributed by atoms with E-state index < -0.39 is 0 Å². The lowest BCUT2D eigenvalue weighted by molar-refractivity contribution is -0.133. The molecule has 1 saturated heterocycles. The van der Waals surface area contributed by atoms with Crippen LogP contribution < -0.4 is 0 Å². The Hall–Kier alpha value is -0.350. The molecule has 0 saturated carbocycles. The van der Waals surface area contributed by atoms with Gasteiger partial charge in [-0.3, -0.25) is 4.79 Å². The molecule has 0 spiro atoms. The van der Waals surface area contributed by atoms with Crippen LogP contribution in [0.1, 0.15) is 43.4 Å². The van der Waals surface area contributed by atoms with Crippen LogP contribution in [-0.4, -0.2) is 28.7 Å². The highest BCUT2D eigenvalue weighted by Crippen LogP contribution is 2.20. The summed E-state index contributed by atoms with van der Waals surface area (Å²) in [4.78, 5) is 15.9. The van der Waals surface area contributed by atoms with E-state index >= 15 is 0 Å². The van der Waals surface area contributed by atoms with Crippen LogP contribution in [0.2, 0.25) is 0 Å². The lowest BCUT2D eigenvalue weighted by Gasteiger charge is -2.28. The number of carbonyl (C=O) groups is 1. The molecule has 0 N–H and O–H groups in total. The van der Waals surface area contributed by atoms with Crippen molar-refractivity contribution in [1.82, 2.24) is 4.90 Å². The van der Waals surface area contributed by atoms with Crippen LogP contribution in [0.4, 0.5) is 0 Å². The number of nitrogens with zero attached hydrogens (tertiary/aromatic N) is 1. The number of hydrogen-bond donors (Lipinski definition) is 0. The zero-order valence-corrected chi connectivity index (χ0v) is 13.7. The van der Waals surface area contributed by atoms with Crippen LogP contribution in [0.3, 0.4) is 0 Å². The van der Waals surface area contributed by atoms with Gasteiger partial charge in [-0.15, -0.1) is 11.3 Å². The summed E-state index contributed by atoms with van der Waals surface area (Å²) >= 11 is 5.35. The molecule has 0 aromatic carbocycles. The zero-order valence-electron chi connectivity index (χ0n) is 11.3. The second kappa shape index (κ2) is 8.05. The zero-order chi connectivity index (χ0) is 13.5. The van der Waals surface area contributed by atoms with Crippen LogP contribution in [0.5, 0.6) is 0 Å². The maximum atomic E-state index is 12.4. The van der Waals surface area contributed by atoms with Gasteiger partial charge in [0.25, 0.3) is 0 Å². The number of likely N-dealkylation sites (tertiary alicyclic amines) is 1. The molecule has 1 unspecified atom stereocenters. The van der Waals surface area contributed by atoms with Crippen LogP contribution in [0.15, 0.2) is 17.5 Å². The number of amides is 1. The molecule has 2 rings (SSSR count). The summed E-state index contributed by atoms with van der Waals surface area (Å²) in [5.41, 5.74) is 0. The van der Waals surface area contributed by atoms with Gasteiger partial charge in [0.1, 0.15) is 0 Å². The number of aryl methyl sites for hydroxylation is 1. The Balaban J connectivity index is 1.80. The van der Waals surface area contributed by atoms with Gasteiger partial charge >= 0.3 is 0 Å². The average Bonchev–Trinajstić information content (AvgIpc) is 2.81. The molecule has 106 valence electrons. The fourth-order valence-electron chi connectivity index (χ4n) is 2.68. The summed E-state index contributed by atoms with van der Waals surface area (Å²) in [5, 5.41) is 3.02. The Kier molecular flexibility index (Phi) is 6.38. The fraction of sp³-hybridized carbons (Fsp3) is 0.667. The summed E-state index contributed by atoms with van der Waals surface area (Å²) in [6.45, 7) is 0.952. The molecule has 0 bridgehead atoms.